The molecule has 4 rings (SSSR count). The highest BCUT2D eigenvalue weighted by Crippen LogP contribution is 2.44. The summed E-state index contributed by atoms with van der Waals surface area (Å²) in [4.78, 5) is 19.7. The second-order valence-corrected chi connectivity index (χ2v) is 7.02. The summed E-state index contributed by atoms with van der Waals surface area (Å²) < 4.78 is 1.34. The number of fused-ring (bicyclic) bond motifs is 1. The van der Waals surface area contributed by atoms with Gasteiger partial charge in [-0.2, -0.15) is 9.61 Å². The van der Waals surface area contributed by atoms with Gasteiger partial charge in [0.25, 0.3) is 0 Å². The molecule has 2 heterocycles. The first kappa shape index (κ1) is 15.3. The van der Waals surface area contributed by atoms with E-state index in [4.69, 9.17) is 18.0 Å². The molecule has 1 aliphatic carbocycles. The molecule has 3 aromatic rings. The first-order valence-corrected chi connectivity index (χ1v) is 8.89. The van der Waals surface area contributed by atoms with Crippen molar-refractivity contribution in [1.29, 1.82) is 0 Å². The minimum atomic E-state index is -0.304. The molecule has 7 heteroatoms. The summed E-state index contributed by atoms with van der Waals surface area (Å²) in [6.07, 6.45) is 7.46. The highest BCUT2D eigenvalue weighted by Gasteiger charge is 2.32. The topological polar surface area (TPSA) is 63.1 Å². The van der Waals surface area contributed by atoms with Crippen LogP contribution >= 0.6 is 23.4 Å². The van der Waals surface area contributed by atoms with E-state index in [9.17, 15) is 4.79 Å². The molecule has 0 saturated heterocycles. The minimum absolute atomic E-state index is 0.304. The number of nitrogens with one attached hydrogen (secondary N) is 1. The van der Waals surface area contributed by atoms with Gasteiger partial charge in [0.1, 0.15) is 0 Å². The Hall–Kier alpha value is -2.23. The lowest BCUT2D eigenvalue weighted by Crippen LogP contribution is -2.19. The number of aromatic amines is 1. The van der Waals surface area contributed by atoms with Crippen molar-refractivity contribution >= 4 is 29.0 Å². The Balaban J connectivity index is 1.96. The number of halogens is 1. The summed E-state index contributed by atoms with van der Waals surface area (Å²) in [5.41, 5.74) is 3.05. The molecular formula is C17H13ClN4OS. The quantitative estimate of drug-likeness (QED) is 0.575. The van der Waals surface area contributed by atoms with Gasteiger partial charge in [0.2, 0.25) is 0 Å². The van der Waals surface area contributed by atoms with Crippen molar-refractivity contribution in [2.75, 3.05) is 5.75 Å². The number of hydrogen-bond donors (Lipinski definition) is 1. The fourth-order valence-electron chi connectivity index (χ4n) is 2.65. The molecule has 0 amide bonds. The predicted octanol–water partition coefficient (Wildman–Crippen LogP) is 3.34. The molecule has 0 atom stereocenters. The second-order valence-electron chi connectivity index (χ2n) is 5.62. The average molecular weight is 357 g/mol. The molecule has 1 aliphatic rings. The smallest absolute Gasteiger partial charge is 0.285 e. The largest absolute Gasteiger partial charge is 0.350 e. The Labute approximate surface area is 147 Å². The normalized spacial score (nSPS) is 14.0. The number of nitrogens with zero attached hydrogens (tertiary/aromatic N) is 3. The van der Waals surface area contributed by atoms with Crippen molar-refractivity contribution in [1.82, 2.24) is 19.6 Å². The lowest BCUT2D eigenvalue weighted by molar-refractivity contribution is 0.771. The van der Waals surface area contributed by atoms with Crippen molar-refractivity contribution in [2.45, 2.75) is 23.9 Å². The van der Waals surface area contributed by atoms with Crippen LogP contribution in [0.1, 0.15) is 24.5 Å². The first-order valence-electron chi connectivity index (χ1n) is 7.52. The molecule has 0 bridgehead atoms. The summed E-state index contributed by atoms with van der Waals surface area (Å²) in [5, 5.41) is 5.69. The van der Waals surface area contributed by atoms with Crippen LogP contribution < -0.4 is 5.69 Å². The van der Waals surface area contributed by atoms with Crippen molar-refractivity contribution in [3.8, 4) is 23.5 Å². The molecule has 0 aliphatic heterocycles. The van der Waals surface area contributed by atoms with Gasteiger partial charge < -0.3 is 0 Å². The first-order chi connectivity index (χ1) is 11.7. The van der Waals surface area contributed by atoms with E-state index in [0.29, 0.717) is 27.5 Å². The van der Waals surface area contributed by atoms with Gasteiger partial charge in [0, 0.05) is 10.9 Å². The Morgan fingerprint density at radius 1 is 1.38 bits per heavy atom. The lowest BCUT2D eigenvalue weighted by Gasteiger charge is -2.03. The van der Waals surface area contributed by atoms with Gasteiger partial charge in [-0.25, -0.2) is 9.78 Å². The minimum Gasteiger partial charge on any atom is -0.285 e. The molecule has 1 fully saturated rings. The summed E-state index contributed by atoms with van der Waals surface area (Å²) in [6.45, 7) is 0. The second kappa shape index (κ2) is 6.00. The Kier molecular flexibility index (Phi) is 3.83. The Morgan fingerprint density at radius 2 is 2.12 bits per heavy atom. The van der Waals surface area contributed by atoms with E-state index < -0.39 is 0 Å². The highest BCUT2D eigenvalue weighted by molar-refractivity contribution is 7.99. The monoisotopic (exact) mass is 356 g/mol. The van der Waals surface area contributed by atoms with E-state index in [0.717, 1.165) is 29.7 Å². The standard InChI is InChI=1S/C17H13ClN4OS/c1-2-9-24-16-19-15-13(10-5-7-12(18)8-6-10)14(11-3-4-11)21-22(15)17(23)20-16/h1,5-8,11H,3-4,9H2,(H,19,20,23). The maximum atomic E-state index is 12.4. The Morgan fingerprint density at radius 3 is 2.79 bits per heavy atom. The zero-order valence-corrected chi connectivity index (χ0v) is 14.2. The molecule has 1 N–H and O–H groups in total. The van der Waals surface area contributed by atoms with E-state index in [1.807, 2.05) is 24.3 Å². The van der Waals surface area contributed by atoms with Crippen LogP contribution in [0.15, 0.2) is 34.2 Å². The maximum Gasteiger partial charge on any atom is 0.350 e. The third kappa shape index (κ3) is 2.70. The molecular weight excluding hydrogens is 344 g/mol. The van der Waals surface area contributed by atoms with Gasteiger partial charge in [-0.1, -0.05) is 41.4 Å². The van der Waals surface area contributed by atoms with Gasteiger partial charge in [-0.05, 0) is 30.5 Å². The molecule has 0 unspecified atom stereocenters. The summed E-state index contributed by atoms with van der Waals surface area (Å²) >= 11 is 7.32. The molecule has 120 valence electrons. The van der Waals surface area contributed by atoms with E-state index in [-0.39, 0.29) is 5.69 Å². The summed E-state index contributed by atoms with van der Waals surface area (Å²) in [5.74, 6) is 3.36. The highest BCUT2D eigenvalue weighted by atomic mass is 35.5. The zero-order valence-electron chi connectivity index (χ0n) is 12.6. The average Bonchev–Trinajstić information content (AvgIpc) is 3.35. The molecule has 5 nitrogen and oxygen atoms in total. The van der Waals surface area contributed by atoms with Crippen LogP contribution in [-0.2, 0) is 0 Å². The van der Waals surface area contributed by atoms with Crippen LogP contribution in [0.4, 0.5) is 0 Å². The van der Waals surface area contributed by atoms with E-state index in [1.165, 1.54) is 16.3 Å². The SMILES string of the molecule is C#CCSc1nc2c(-c3ccc(Cl)cc3)c(C3CC3)nn2c(=O)[nH]1. The Bertz CT molecular complexity index is 1010. The van der Waals surface area contributed by atoms with Crippen LogP contribution in [0.2, 0.25) is 5.02 Å². The van der Waals surface area contributed by atoms with Gasteiger partial charge >= 0.3 is 5.69 Å². The van der Waals surface area contributed by atoms with Crippen molar-refractivity contribution in [2.24, 2.45) is 0 Å². The van der Waals surface area contributed by atoms with Gasteiger partial charge in [0.15, 0.2) is 10.8 Å². The lowest BCUT2D eigenvalue weighted by atomic mass is 10.0. The van der Waals surface area contributed by atoms with Crippen LogP contribution in [-0.4, -0.2) is 25.3 Å². The number of terminal acetylenes is 1. The molecule has 2 aromatic heterocycles. The van der Waals surface area contributed by atoms with Crippen LogP contribution in [0.3, 0.4) is 0 Å². The molecule has 0 spiro atoms. The van der Waals surface area contributed by atoms with Gasteiger partial charge in [-0.3, -0.25) is 4.98 Å². The van der Waals surface area contributed by atoms with Gasteiger partial charge in [-0.15, -0.1) is 6.42 Å². The zero-order chi connectivity index (χ0) is 16.7. The molecule has 24 heavy (non-hydrogen) atoms. The predicted molar refractivity (Wildman–Crippen MR) is 95.6 cm³/mol. The fraction of sp³-hybridized carbons (Fsp3) is 0.235. The molecule has 0 radical (unpaired) electrons. The van der Waals surface area contributed by atoms with Gasteiger partial charge in [0.05, 0.1) is 17.0 Å². The number of H-pyrrole nitrogens is 1. The maximum absolute atomic E-state index is 12.4. The van der Waals surface area contributed by atoms with Crippen LogP contribution in [0.5, 0.6) is 0 Å². The number of benzene rings is 1. The van der Waals surface area contributed by atoms with E-state index in [1.54, 1.807) is 0 Å². The third-order valence-corrected chi connectivity index (χ3v) is 4.92. The fourth-order valence-corrected chi connectivity index (χ4v) is 3.31. The number of rotatable bonds is 4. The number of thioether (sulfide) groups is 1. The van der Waals surface area contributed by atoms with E-state index in [2.05, 4.69) is 21.0 Å². The van der Waals surface area contributed by atoms with Crippen LogP contribution in [0, 0.1) is 12.3 Å². The number of aromatic nitrogens is 4. The van der Waals surface area contributed by atoms with Crippen molar-refractivity contribution in [3.63, 3.8) is 0 Å². The molecule has 1 saturated carbocycles. The van der Waals surface area contributed by atoms with Crippen LogP contribution in [0.25, 0.3) is 16.8 Å². The van der Waals surface area contributed by atoms with E-state index >= 15 is 0 Å². The summed E-state index contributed by atoms with van der Waals surface area (Å²) in [6, 6.07) is 7.53. The summed E-state index contributed by atoms with van der Waals surface area (Å²) in [7, 11) is 0. The molecule has 1 aromatic carbocycles. The van der Waals surface area contributed by atoms with Crippen molar-refractivity contribution < 1.29 is 0 Å². The number of hydrogen-bond acceptors (Lipinski definition) is 4. The third-order valence-electron chi connectivity index (χ3n) is 3.89. The van der Waals surface area contributed by atoms with Crippen molar-refractivity contribution in [3.05, 3.63) is 45.5 Å².